The lowest BCUT2D eigenvalue weighted by Crippen LogP contribution is -2.12. The third kappa shape index (κ3) is 2.97. The van der Waals surface area contributed by atoms with Gasteiger partial charge in [0.05, 0.1) is 34.6 Å². The lowest BCUT2D eigenvalue weighted by molar-refractivity contribution is 0.0526. The highest BCUT2D eigenvalue weighted by molar-refractivity contribution is 6.20. The maximum Gasteiger partial charge on any atom is 0.341 e. The minimum Gasteiger partial charge on any atom is -0.462 e. The number of benzene rings is 1. The van der Waals surface area contributed by atoms with Gasteiger partial charge in [0.1, 0.15) is 0 Å². The van der Waals surface area contributed by atoms with E-state index in [0.29, 0.717) is 28.0 Å². The minimum atomic E-state index is -0.521. The second-order valence-electron chi connectivity index (χ2n) is 6.19. The molecule has 0 atom stereocenters. The largest absolute Gasteiger partial charge is 0.462 e. The summed E-state index contributed by atoms with van der Waals surface area (Å²) in [5.41, 5.74) is 2.86. The highest BCUT2D eigenvalue weighted by atomic mass is 16.5. The summed E-state index contributed by atoms with van der Waals surface area (Å²) in [6.07, 6.45) is 3.49. The van der Waals surface area contributed by atoms with E-state index in [1.807, 2.05) is 47.0 Å². The topological polar surface area (TPSA) is 60.7 Å². The first-order valence-corrected chi connectivity index (χ1v) is 9.03. The fourth-order valence-corrected chi connectivity index (χ4v) is 3.33. The molecule has 138 valence electrons. The second-order valence-corrected chi connectivity index (χ2v) is 6.19. The van der Waals surface area contributed by atoms with E-state index < -0.39 is 5.97 Å². The van der Waals surface area contributed by atoms with Crippen LogP contribution in [0.15, 0.2) is 79.1 Å². The van der Waals surface area contributed by atoms with Crippen molar-refractivity contribution in [3.8, 4) is 11.4 Å². The number of rotatable bonds is 5. The van der Waals surface area contributed by atoms with Crippen molar-refractivity contribution in [3.63, 3.8) is 0 Å². The quantitative estimate of drug-likeness (QED) is 0.386. The molecule has 0 saturated heterocycles. The van der Waals surface area contributed by atoms with E-state index in [-0.39, 0.29) is 18.0 Å². The summed E-state index contributed by atoms with van der Waals surface area (Å²) in [6.45, 7) is 1.97. The van der Waals surface area contributed by atoms with Gasteiger partial charge in [-0.25, -0.2) is 4.79 Å². The lowest BCUT2D eigenvalue weighted by atomic mass is 9.97. The Morgan fingerprint density at radius 2 is 1.68 bits per heavy atom. The Bertz CT molecular complexity index is 1150. The number of ether oxygens (including phenoxy) is 1. The van der Waals surface area contributed by atoms with Gasteiger partial charge in [-0.15, -0.1) is 0 Å². The highest BCUT2D eigenvalue weighted by Gasteiger charge is 2.30. The van der Waals surface area contributed by atoms with Gasteiger partial charge >= 0.3 is 5.97 Å². The molecule has 0 fully saturated rings. The monoisotopic (exact) mass is 370 g/mol. The average molecular weight is 370 g/mol. The summed E-state index contributed by atoms with van der Waals surface area (Å²) in [5.74, 6) is -0.763. The molecule has 3 heterocycles. The number of carbonyl (C=O) groups excluding carboxylic acids is 2. The number of hydrogen-bond acceptors (Lipinski definition) is 4. The normalized spacial score (nSPS) is 10.8. The number of ketones is 1. The molecule has 0 bridgehead atoms. The van der Waals surface area contributed by atoms with Crippen molar-refractivity contribution in [3.05, 3.63) is 95.8 Å². The molecule has 0 saturated carbocycles. The molecule has 5 heteroatoms. The van der Waals surface area contributed by atoms with Crippen molar-refractivity contribution in [1.82, 2.24) is 9.38 Å². The molecular weight excluding hydrogens is 352 g/mol. The Balaban J connectivity index is 2.09. The number of hydrogen-bond donors (Lipinski definition) is 0. The SMILES string of the molecule is CCOC(=O)c1c(C(=O)c2ccccc2)c(-c2ccccn2)n2ccccc12. The fraction of sp³-hybridized carbons (Fsp3) is 0.0870. The van der Waals surface area contributed by atoms with Crippen LogP contribution in [0, 0.1) is 0 Å². The van der Waals surface area contributed by atoms with E-state index in [0.717, 1.165) is 0 Å². The Kier molecular flexibility index (Phi) is 4.72. The van der Waals surface area contributed by atoms with Crippen LogP contribution in [0.3, 0.4) is 0 Å². The number of carbonyl (C=O) groups is 2. The van der Waals surface area contributed by atoms with Crippen LogP contribution in [0.4, 0.5) is 0 Å². The molecule has 4 rings (SSSR count). The summed E-state index contributed by atoms with van der Waals surface area (Å²) < 4.78 is 7.11. The third-order valence-electron chi connectivity index (χ3n) is 4.49. The first-order chi connectivity index (χ1) is 13.7. The van der Waals surface area contributed by atoms with Gasteiger partial charge in [0.15, 0.2) is 5.78 Å². The predicted molar refractivity (Wildman–Crippen MR) is 106 cm³/mol. The molecule has 28 heavy (non-hydrogen) atoms. The van der Waals surface area contributed by atoms with E-state index in [1.54, 1.807) is 43.5 Å². The predicted octanol–water partition coefficient (Wildman–Crippen LogP) is 4.41. The van der Waals surface area contributed by atoms with E-state index in [4.69, 9.17) is 4.74 Å². The summed E-state index contributed by atoms with van der Waals surface area (Å²) in [6, 6.07) is 19.9. The number of aromatic nitrogens is 2. The Labute approximate surface area is 162 Å². The van der Waals surface area contributed by atoms with Crippen LogP contribution in [0.2, 0.25) is 0 Å². The third-order valence-corrected chi connectivity index (χ3v) is 4.49. The van der Waals surface area contributed by atoms with Crippen LogP contribution < -0.4 is 0 Å². The van der Waals surface area contributed by atoms with Gasteiger partial charge in [0.2, 0.25) is 0 Å². The molecular formula is C23H18N2O3. The standard InChI is InChI=1S/C23H18N2O3/c1-2-28-23(27)19-18-13-7-9-15-25(18)21(17-12-6-8-14-24-17)20(19)22(26)16-10-4-3-5-11-16/h3-15H,2H2,1H3. The van der Waals surface area contributed by atoms with Crippen molar-refractivity contribution in [1.29, 1.82) is 0 Å². The Hall–Kier alpha value is -3.73. The van der Waals surface area contributed by atoms with E-state index in [9.17, 15) is 9.59 Å². The molecule has 0 aliphatic rings. The minimum absolute atomic E-state index is 0.223. The van der Waals surface area contributed by atoms with Gasteiger partial charge in [0, 0.05) is 18.0 Å². The molecule has 1 aromatic carbocycles. The number of nitrogens with zero attached hydrogens (tertiary/aromatic N) is 2. The van der Waals surface area contributed by atoms with Gasteiger partial charge in [-0.3, -0.25) is 9.78 Å². The molecule has 0 aliphatic carbocycles. The Morgan fingerprint density at radius 3 is 2.39 bits per heavy atom. The maximum absolute atomic E-state index is 13.5. The van der Waals surface area contributed by atoms with Gasteiger partial charge < -0.3 is 9.14 Å². The molecule has 5 nitrogen and oxygen atoms in total. The molecule has 0 amide bonds. The molecule has 0 aliphatic heterocycles. The molecule has 0 unspecified atom stereocenters. The molecule has 0 radical (unpaired) electrons. The maximum atomic E-state index is 13.5. The van der Waals surface area contributed by atoms with Crippen molar-refractivity contribution >= 4 is 17.3 Å². The average Bonchev–Trinajstić information content (AvgIpc) is 3.10. The van der Waals surface area contributed by atoms with Crippen LogP contribution in [-0.2, 0) is 4.74 Å². The molecule has 0 N–H and O–H groups in total. The molecule has 3 aromatic heterocycles. The second kappa shape index (κ2) is 7.48. The zero-order valence-electron chi connectivity index (χ0n) is 15.3. The number of esters is 1. The lowest BCUT2D eigenvalue weighted by Gasteiger charge is -2.07. The van der Waals surface area contributed by atoms with Crippen molar-refractivity contribution in [2.75, 3.05) is 6.61 Å². The van der Waals surface area contributed by atoms with Crippen molar-refractivity contribution in [2.45, 2.75) is 6.92 Å². The van der Waals surface area contributed by atoms with Gasteiger partial charge in [0.25, 0.3) is 0 Å². The number of fused-ring (bicyclic) bond motifs is 1. The van der Waals surface area contributed by atoms with E-state index >= 15 is 0 Å². The van der Waals surface area contributed by atoms with E-state index in [1.165, 1.54) is 0 Å². The van der Waals surface area contributed by atoms with Gasteiger partial charge in [-0.2, -0.15) is 0 Å². The van der Waals surface area contributed by atoms with Crippen molar-refractivity contribution < 1.29 is 14.3 Å². The zero-order valence-corrected chi connectivity index (χ0v) is 15.3. The molecule has 0 spiro atoms. The van der Waals surface area contributed by atoms with Gasteiger partial charge in [-0.05, 0) is 31.2 Å². The summed E-state index contributed by atoms with van der Waals surface area (Å²) in [5, 5.41) is 0. The molecule has 4 aromatic rings. The van der Waals surface area contributed by atoms with Crippen LogP contribution in [-0.4, -0.2) is 27.7 Å². The first-order valence-electron chi connectivity index (χ1n) is 9.03. The van der Waals surface area contributed by atoms with Crippen molar-refractivity contribution in [2.24, 2.45) is 0 Å². The summed E-state index contributed by atoms with van der Waals surface area (Å²) in [4.78, 5) is 30.8. The van der Waals surface area contributed by atoms with E-state index in [2.05, 4.69) is 4.98 Å². The highest BCUT2D eigenvalue weighted by Crippen LogP contribution is 2.33. The van der Waals surface area contributed by atoms with Crippen LogP contribution >= 0.6 is 0 Å². The Morgan fingerprint density at radius 1 is 0.929 bits per heavy atom. The smallest absolute Gasteiger partial charge is 0.341 e. The summed E-state index contributed by atoms with van der Waals surface area (Å²) in [7, 11) is 0. The van der Waals surface area contributed by atoms with Crippen LogP contribution in [0.1, 0.15) is 33.2 Å². The number of pyridine rings is 2. The van der Waals surface area contributed by atoms with Crippen LogP contribution in [0.5, 0.6) is 0 Å². The first kappa shape index (κ1) is 17.7. The van der Waals surface area contributed by atoms with Crippen LogP contribution in [0.25, 0.3) is 16.9 Å². The summed E-state index contributed by atoms with van der Waals surface area (Å²) >= 11 is 0. The van der Waals surface area contributed by atoms with Gasteiger partial charge in [-0.1, -0.05) is 42.5 Å². The fourth-order valence-electron chi connectivity index (χ4n) is 3.33. The zero-order chi connectivity index (χ0) is 19.5.